The molecular weight excluding hydrogens is 392 g/mol. The van der Waals surface area contributed by atoms with Crippen molar-refractivity contribution in [2.24, 2.45) is 0 Å². The number of carbonyl (C=O) groups excluding carboxylic acids is 1. The van der Waals surface area contributed by atoms with Gasteiger partial charge in [0.15, 0.2) is 5.13 Å². The molecule has 1 aliphatic heterocycles. The van der Waals surface area contributed by atoms with Crippen molar-refractivity contribution >= 4 is 32.6 Å². The van der Waals surface area contributed by atoms with E-state index in [1.165, 1.54) is 11.3 Å². The fraction of sp³-hybridized carbons (Fsp3) is 0.450. The average Bonchev–Trinajstić information content (AvgIpc) is 3.36. The zero-order valence-electron chi connectivity index (χ0n) is 16.6. The number of benzene rings is 1. The van der Waals surface area contributed by atoms with Gasteiger partial charge in [-0.15, -0.1) is 0 Å². The van der Waals surface area contributed by atoms with Crippen molar-refractivity contribution in [1.82, 2.24) is 15.0 Å². The molecule has 2 aromatic heterocycles. The lowest BCUT2D eigenvalue weighted by molar-refractivity contribution is 0.0390. The standard InChI is InChI=1S/C20H24N4O4S/c1-3-27-15-5-4-6-17-18(15)21-20(29-17)24(8-7-23-9-11-26-12-10-23)19(25)16-13-14(2)22-28-16/h4-6,13H,3,7-12H2,1-2H3. The number of rotatable bonds is 7. The number of hydrogen-bond acceptors (Lipinski definition) is 8. The van der Waals surface area contributed by atoms with Crippen LogP contribution in [-0.2, 0) is 4.74 Å². The molecule has 0 spiro atoms. The molecule has 3 aromatic rings. The molecule has 154 valence electrons. The Bertz CT molecular complexity index is 980. The Balaban J connectivity index is 1.64. The number of aryl methyl sites for hydroxylation is 1. The van der Waals surface area contributed by atoms with E-state index in [0.717, 1.165) is 35.6 Å². The van der Waals surface area contributed by atoms with E-state index in [4.69, 9.17) is 19.0 Å². The minimum absolute atomic E-state index is 0.216. The van der Waals surface area contributed by atoms with Crippen LogP contribution < -0.4 is 9.64 Å². The van der Waals surface area contributed by atoms with Gasteiger partial charge in [0.25, 0.3) is 5.91 Å². The summed E-state index contributed by atoms with van der Waals surface area (Å²) in [6.07, 6.45) is 0. The van der Waals surface area contributed by atoms with Gasteiger partial charge in [-0.2, -0.15) is 0 Å². The molecule has 0 bridgehead atoms. The van der Waals surface area contributed by atoms with E-state index in [9.17, 15) is 4.79 Å². The van der Waals surface area contributed by atoms with Crippen LogP contribution in [0, 0.1) is 6.92 Å². The molecule has 1 amide bonds. The normalized spacial score (nSPS) is 15.0. The Morgan fingerprint density at radius 3 is 2.90 bits per heavy atom. The highest BCUT2D eigenvalue weighted by Crippen LogP contribution is 2.34. The summed E-state index contributed by atoms with van der Waals surface area (Å²) in [5, 5.41) is 4.48. The van der Waals surface area contributed by atoms with Crippen LogP contribution in [0.25, 0.3) is 10.2 Å². The average molecular weight is 417 g/mol. The largest absolute Gasteiger partial charge is 0.492 e. The summed E-state index contributed by atoms with van der Waals surface area (Å²) in [6, 6.07) is 7.48. The minimum atomic E-state index is -0.240. The van der Waals surface area contributed by atoms with E-state index >= 15 is 0 Å². The molecule has 0 unspecified atom stereocenters. The Morgan fingerprint density at radius 2 is 2.17 bits per heavy atom. The summed E-state index contributed by atoms with van der Waals surface area (Å²) >= 11 is 1.47. The Kier molecular flexibility index (Phi) is 6.08. The highest BCUT2D eigenvalue weighted by Gasteiger charge is 2.26. The maximum atomic E-state index is 13.2. The Hall–Kier alpha value is -2.49. The maximum Gasteiger partial charge on any atom is 0.298 e. The van der Waals surface area contributed by atoms with Gasteiger partial charge in [-0.25, -0.2) is 4.98 Å². The maximum absolute atomic E-state index is 13.2. The molecule has 0 aliphatic carbocycles. The summed E-state index contributed by atoms with van der Waals surface area (Å²) in [5.41, 5.74) is 1.44. The first-order valence-electron chi connectivity index (χ1n) is 9.73. The third-order valence-electron chi connectivity index (χ3n) is 4.73. The Morgan fingerprint density at radius 1 is 1.34 bits per heavy atom. The van der Waals surface area contributed by atoms with Crippen molar-refractivity contribution in [1.29, 1.82) is 0 Å². The van der Waals surface area contributed by atoms with E-state index in [0.29, 0.717) is 37.2 Å². The molecule has 8 nitrogen and oxygen atoms in total. The topological polar surface area (TPSA) is 80.9 Å². The van der Waals surface area contributed by atoms with Crippen LogP contribution in [0.15, 0.2) is 28.8 Å². The van der Waals surface area contributed by atoms with Crippen molar-refractivity contribution in [2.75, 3.05) is 50.9 Å². The van der Waals surface area contributed by atoms with Gasteiger partial charge in [-0.3, -0.25) is 14.6 Å². The molecule has 9 heteroatoms. The number of amides is 1. The van der Waals surface area contributed by atoms with Gasteiger partial charge in [0.2, 0.25) is 5.76 Å². The molecule has 1 saturated heterocycles. The van der Waals surface area contributed by atoms with E-state index < -0.39 is 0 Å². The number of carbonyl (C=O) groups is 1. The van der Waals surface area contributed by atoms with Gasteiger partial charge >= 0.3 is 0 Å². The van der Waals surface area contributed by atoms with Crippen LogP contribution >= 0.6 is 11.3 Å². The van der Waals surface area contributed by atoms with Crippen LogP contribution in [0.1, 0.15) is 23.2 Å². The minimum Gasteiger partial charge on any atom is -0.492 e. The van der Waals surface area contributed by atoms with Crippen molar-refractivity contribution in [3.8, 4) is 5.75 Å². The Labute approximate surface area is 173 Å². The number of para-hydroxylation sites is 1. The summed E-state index contributed by atoms with van der Waals surface area (Å²) in [5.74, 6) is 0.702. The van der Waals surface area contributed by atoms with Crippen molar-refractivity contribution in [2.45, 2.75) is 13.8 Å². The number of hydrogen-bond donors (Lipinski definition) is 0. The molecule has 3 heterocycles. The lowest BCUT2D eigenvalue weighted by Crippen LogP contribution is -2.43. The monoisotopic (exact) mass is 416 g/mol. The molecule has 1 aromatic carbocycles. The molecule has 4 rings (SSSR count). The van der Waals surface area contributed by atoms with Crippen molar-refractivity contribution < 1.29 is 18.8 Å². The van der Waals surface area contributed by atoms with Gasteiger partial charge < -0.3 is 14.0 Å². The molecule has 1 aliphatic rings. The first-order chi connectivity index (χ1) is 14.2. The number of aromatic nitrogens is 2. The number of nitrogens with zero attached hydrogens (tertiary/aromatic N) is 4. The van der Waals surface area contributed by atoms with Crippen LogP contribution in [0.5, 0.6) is 5.75 Å². The van der Waals surface area contributed by atoms with E-state index in [1.54, 1.807) is 17.9 Å². The molecule has 0 radical (unpaired) electrons. The first-order valence-corrected chi connectivity index (χ1v) is 10.5. The van der Waals surface area contributed by atoms with Crippen LogP contribution in [0.2, 0.25) is 0 Å². The lowest BCUT2D eigenvalue weighted by atomic mass is 10.3. The first kappa shape index (κ1) is 19.8. The highest BCUT2D eigenvalue weighted by atomic mass is 32.1. The zero-order valence-corrected chi connectivity index (χ0v) is 17.4. The van der Waals surface area contributed by atoms with Crippen molar-refractivity contribution in [3.63, 3.8) is 0 Å². The van der Waals surface area contributed by atoms with E-state index in [2.05, 4.69) is 10.1 Å². The van der Waals surface area contributed by atoms with Gasteiger partial charge in [0.1, 0.15) is 11.3 Å². The molecule has 0 N–H and O–H groups in total. The lowest BCUT2D eigenvalue weighted by Gasteiger charge is -2.28. The summed E-state index contributed by atoms with van der Waals surface area (Å²) in [7, 11) is 0. The SMILES string of the molecule is CCOc1cccc2sc(N(CCN3CCOCC3)C(=O)c3cc(C)no3)nc12. The highest BCUT2D eigenvalue weighted by molar-refractivity contribution is 7.22. The molecular formula is C20H24N4O4S. The summed E-state index contributed by atoms with van der Waals surface area (Å²) < 4.78 is 17.3. The second-order valence-electron chi connectivity index (χ2n) is 6.78. The van der Waals surface area contributed by atoms with Crippen LogP contribution in [0.3, 0.4) is 0 Å². The number of anilines is 1. The van der Waals surface area contributed by atoms with Crippen LogP contribution in [-0.4, -0.2) is 66.9 Å². The molecule has 0 saturated carbocycles. The predicted molar refractivity (Wildman–Crippen MR) is 111 cm³/mol. The zero-order chi connectivity index (χ0) is 20.2. The smallest absolute Gasteiger partial charge is 0.298 e. The van der Waals surface area contributed by atoms with Gasteiger partial charge in [-0.1, -0.05) is 22.6 Å². The number of ether oxygens (including phenoxy) is 2. The molecule has 0 atom stereocenters. The van der Waals surface area contributed by atoms with Gasteiger partial charge in [0, 0.05) is 32.2 Å². The predicted octanol–water partition coefficient (Wildman–Crippen LogP) is 2.97. The quantitative estimate of drug-likeness (QED) is 0.586. The van der Waals surface area contributed by atoms with E-state index in [-0.39, 0.29) is 11.7 Å². The number of thiazole rings is 1. The third kappa shape index (κ3) is 4.42. The summed E-state index contributed by atoms with van der Waals surface area (Å²) in [4.78, 5) is 21.9. The third-order valence-corrected chi connectivity index (χ3v) is 5.77. The molecule has 29 heavy (non-hydrogen) atoms. The summed E-state index contributed by atoms with van der Waals surface area (Å²) in [6.45, 7) is 8.68. The second kappa shape index (κ2) is 8.89. The van der Waals surface area contributed by atoms with Gasteiger partial charge in [0.05, 0.1) is 30.2 Å². The molecule has 1 fully saturated rings. The number of morpholine rings is 1. The fourth-order valence-corrected chi connectivity index (χ4v) is 4.25. The van der Waals surface area contributed by atoms with Gasteiger partial charge in [-0.05, 0) is 26.0 Å². The van der Waals surface area contributed by atoms with Crippen molar-refractivity contribution in [3.05, 3.63) is 35.7 Å². The second-order valence-corrected chi connectivity index (χ2v) is 7.78. The number of fused-ring (bicyclic) bond motifs is 1. The fourth-order valence-electron chi connectivity index (χ4n) is 3.25. The van der Waals surface area contributed by atoms with E-state index in [1.807, 2.05) is 25.1 Å². The van der Waals surface area contributed by atoms with Crippen LogP contribution in [0.4, 0.5) is 5.13 Å².